The molecule has 0 aliphatic carbocycles. The number of piperazine rings is 1. The molecule has 0 amide bonds. The third-order valence-electron chi connectivity index (χ3n) is 8.65. The fourth-order valence-corrected chi connectivity index (χ4v) is 6.51. The number of anilines is 2. The molecule has 4 heterocycles. The Labute approximate surface area is 231 Å². The number of hydrogen-bond donors (Lipinski definition) is 1. The number of nitriles is 1. The van der Waals surface area contributed by atoms with Crippen LogP contribution in [0.3, 0.4) is 0 Å². The van der Waals surface area contributed by atoms with Crippen molar-refractivity contribution in [2.75, 3.05) is 56.2 Å². The minimum atomic E-state index is 0.145. The summed E-state index contributed by atoms with van der Waals surface area (Å²) in [4.78, 5) is 17.3. The van der Waals surface area contributed by atoms with E-state index in [2.05, 4.69) is 76.5 Å². The first kappa shape index (κ1) is 25.8. The van der Waals surface area contributed by atoms with Gasteiger partial charge in [0.05, 0.1) is 24.7 Å². The fourth-order valence-electron chi connectivity index (χ4n) is 6.51. The van der Waals surface area contributed by atoms with Crippen LogP contribution in [0, 0.1) is 18.3 Å². The van der Waals surface area contributed by atoms with Gasteiger partial charge in [-0.25, -0.2) is 0 Å². The normalized spacial score (nSPS) is 22.0. The van der Waals surface area contributed by atoms with Crippen LogP contribution in [0.5, 0.6) is 6.01 Å². The standard InChI is InChI=1S/C31H39N7O/c1-22-7-3-8-23-9-4-12-28(29(22)23)37-17-6-11-26-27(20-37)34-31(39-21-25-10-5-16-36(25)2)35-30(26)38-18-15-33-24(19-38)13-14-32/h3-4,7-9,12,24-25,33H,5-6,10-11,13,15-21H2,1-2H3. The predicted molar refractivity (Wildman–Crippen MR) is 155 cm³/mol. The molecule has 3 aromatic rings. The lowest BCUT2D eigenvalue weighted by molar-refractivity contribution is 0.187. The van der Waals surface area contributed by atoms with Crippen molar-refractivity contribution in [1.29, 1.82) is 5.26 Å². The molecule has 8 nitrogen and oxygen atoms in total. The molecule has 3 aliphatic rings. The number of hydrogen-bond acceptors (Lipinski definition) is 8. The van der Waals surface area contributed by atoms with E-state index in [0.717, 1.165) is 70.0 Å². The third kappa shape index (κ3) is 5.39. The smallest absolute Gasteiger partial charge is 0.318 e. The van der Waals surface area contributed by atoms with Crippen LogP contribution >= 0.6 is 0 Å². The molecule has 0 radical (unpaired) electrons. The summed E-state index contributed by atoms with van der Waals surface area (Å²) in [5, 5.41) is 15.4. The monoisotopic (exact) mass is 525 g/mol. The van der Waals surface area contributed by atoms with Gasteiger partial charge in [-0.05, 0) is 63.2 Å². The molecule has 39 heavy (non-hydrogen) atoms. The summed E-state index contributed by atoms with van der Waals surface area (Å²) in [5.74, 6) is 0.996. The van der Waals surface area contributed by atoms with Crippen LogP contribution in [0.4, 0.5) is 11.5 Å². The molecule has 2 saturated heterocycles. The zero-order valence-corrected chi connectivity index (χ0v) is 23.2. The number of fused-ring (bicyclic) bond motifs is 2. The molecule has 1 N–H and O–H groups in total. The molecular weight excluding hydrogens is 486 g/mol. The lowest BCUT2D eigenvalue weighted by Gasteiger charge is -2.35. The van der Waals surface area contributed by atoms with Crippen LogP contribution in [0.1, 0.15) is 42.5 Å². The van der Waals surface area contributed by atoms with E-state index in [4.69, 9.17) is 14.7 Å². The van der Waals surface area contributed by atoms with E-state index in [1.54, 1.807) is 0 Å². The molecule has 8 heteroatoms. The summed E-state index contributed by atoms with van der Waals surface area (Å²) in [6.45, 7) is 8.10. The lowest BCUT2D eigenvalue weighted by Crippen LogP contribution is -2.51. The summed E-state index contributed by atoms with van der Waals surface area (Å²) >= 11 is 0. The van der Waals surface area contributed by atoms with Gasteiger partial charge in [0.1, 0.15) is 12.4 Å². The van der Waals surface area contributed by atoms with Crippen molar-refractivity contribution in [3.63, 3.8) is 0 Å². The van der Waals surface area contributed by atoms with Crippen LogP contribution in [0.15, 0.2) is 36.4 Å². The molecule has 2 unspecified atom stereocenters. The Kier molecular flexibility index (Phi) is 7.53. The second-order valence-electron chi connectivity index (χ2n) is 11.3. The van der Waals surface area contributed by atoms with Crippen LogP contribution < -0.4 is 19.9 Å². The molecule has 2 atom stereocenters. The van der Waals surface area contributed by atoms with E-state index in [-0.39, 0.29) is 6.04 Å². The lowest BCUT2D eigenvalue weighted by atomic mass is 10.0. The van der Waals surface area contributed by atoms with E-state index in [1.165, 1.54) is 34.0 Å². The van der Waals surface area contributed by atoms with Crippen LogP contribution in [0.2, 0.25) is 0 Å². The van der Waals surface area contributed by atoms with Crippen LogP contribution in [0.25, 0.3) is 10.8 Å². The van der Waals surface area contributed by atoms with Crippen molar-refractivity contribution in [2.45, 2.75) is 57.7 Å². The predicted octanol–water partition coefficient (Wildman–Crippen LogP) is 4.06. The topological polar surface area (TPSA) is 80.6 Å². The minimum absolute atomic E-state index is 0.145. The second kappa shape index (κ2) is 11.4. The second-order valence-corrected chi connectivity index (χ2v) is 11.3. The van der Waals surface area contributed by atoms with Gasteiger partial charge in [0.2, 0.25) is 0 Å². The maximum atomic E-state index is 9.31. The van der Waals surface area contributed by atoms with Crippen molar-refractivity contribution >= 4 is 22.3 Å². The number of nitrogens with zero attached hydrogens (tertiary/aromatic N) is 6. The SMILES string of the molecule is Cc1cccc2cccc(N3CCCc4c(nc(OCC5CCCN5C)nc4N4CCNC(CC#N)C4)C3)c12. The first-order chi connectivity index (χ1) is 19.1. The fraction of sp³-hybridized carbons (Fsp3) is 0.516. The zero-order valence-electron chi connectivity index (χ0n) is 23.2. The highest BCUT2D eigenvalue weighted by Crippen LogP contribution is 2.35. The quantitative estimate of drug-likeness (QED) is 0.516. The molecule has 0 bridgehead atoms. The molecule has 3 aliphatic heterocycles. The van der Waals surface area contributed by atoms with Gasteiger partial charge in [0.15, 0.2) is 0 Å². The van der Waals surface area contributed by atoms with Crippen molar-refractivity contribution in [3.8, 4) is 12.1 Å². The van der Waals surface area contributed by atoms with E-state index in [0.29, 0.717) is 25.1 Å². The van der Waals surface area contributed by atoms with E-state index in [9.17, 15) is 5.26 Å². The average Bonchev–Trinajstić information content (AvgIpc) is 3.24. The number of likely N-dealkylation sites (N-methyl/N-ethyl adjacent to an activating group) is 1. The minimum Gasteiger partial charge on any atom is -0.462 e. The molecule has 6 rings (SSSR count). The molecule has 1 aromatic heterocycles. The first-order valence-electron chi connectivity index (χ1n) is 14.4. The zero-order chi connectivity index (χ0) is 26.8. The van der Waals surface area contributed by atoms with Crippen molar-refractivity contribution in [3.05, 3.63) is 53.2 Å². The highest BCUT2D eigenvalue weighted by atomic mass is 16.5. The molecule has 2 aromatic carbocycles. The number of aromatic nitrogens is 2. The van der Waals surface area contributed by atoms with Crippen LogP contribution in [-0.4, -0.2) is 73.3 Å². The van der Waals surface area contributed by atoms with Gasteiger partial charge in [-0.15, -0.1) is 0 Å². The number of benzene rings is 2. The van der Waals surface area contributed by atoms with E-state index >= 15 is 0 Å². The van der Waals surface area contributed by atoms with Gasteiger partial charge in [-0.1, -0.05) is 30.3 Å². The van der Waals surface area contributed by atoms with Gasteiger partial charge in [-0.2, -0.15) is 15.2 Å². The number of aryl methyl sites for hydroxylation is 1. The Morgan fingerprint density at radius 1 is 1.08 bits per heavy atom. The summed E-state index contributed by atoms with van der Waals surface area (Å²) in [6.07, 6.45) is 4.82. The van der Waals surface area contributed by atoms with E-state index < -0.39 is 0 Å². The molecule has 2 fully saturated rings. The van der Waals surface area contributed by atoms with Crippen molar-refractivity contribution < 1.29 is 4.74 Å². The summed E-state index contributed by atoms with van der Waals surface area (Å²) in [6, 6.07) is 16.5. The summed E-state index contributed by atoms with van der Waals surface area (Å²) in [7, 11) is 2.17. The summed E-state index contributed by atoms with van der Waals surface area (Å²) in [5.41, 5.74) is 4.86. The Hall–Kier alpha value is -3.41. The highest BCUT2D eigenvalue weighted by molar-refractivity contribution is 5.96. The van der Waals surface area contributed by atoms with Gasteiger partial charge in [0, 0.05) is 54.9 Å². The molecule has 0 saturated carbocycles. The van der Waals surface area contributed by atoms with E-state index in [1.807, 2.05) is 0 Å². The Balaban J connectivity index is 1.36. The maximum Gasteiger partial charge on any atom is 0.318 e. The van der Waals surface area contributed by atoms with Gasteiger partial charge in [0.25, 0.3) is 0 Å². The Morgan fingerprint density at radius 3 is 2.77 bits per heavy atom. The Bertz CT molecular complexity index is 1360. The third-order valence-corrected chi connectivity index (χ3v) is 8.65. The highest BCUT2D eigenvalue weighted by Gasteiger charge is 2.29. The number of likely N-dealkylation sites (tertiary alicyclic amines) is 1. The molecule has 204 valence electrons. The van der Waals surface area contributed by atoms with Gasteiger partial charge < -0.3 is 24.8 Å². The Morgan fingerprint density at radius 2 is 1.95 bits per heavy atom. The number of nitrogens with one attached hydrogen (secondary N) is 1. The summed E-state index contributed by atoms with van der Waals surface area (Å²) < 4.78 is 6.33. The van der Waals surface area contributed by atoms with Crippen LogP contribution in [-0.2, 0) is 13.0 Å². The molecule has 0 spiro atoms. The number of ether oxygens (including phenoxy) is 1. The molecular formula is C31H39N7O. The van der Waals surface area contributed by atoms with Crippen molar-refractivity contribution in [1.82, 2.24) is 20.2 Å². The first-order valence-corrected chi connectivity index (χ1v) is 14.4. The maximum absolute atomic E-state index is 9.31. The van der Waals surface area contributed by atoms with Crippen molar-refractivity contribution in [2.24, 2.45) is 0 Å². The number of rotatable bonds is 6. The van der Waals surface area contributed by atoms with Gasteiger partial charge >= 0.3 is 6.01 Å². The average molecular weight is 526 g/mol. The van der Waals surface area contributed by atoms with Gasteiger partial charge in [-0.3, -0.25) is 0 Å². The largest absolute Gasteiger partial charge is 0.462 e.